The van der Waals surface area contributed by atoms with Gasteiger partial charge in [0.05, 0.1) is 5.92 Å². The van der Waals surface area contributed by atoms with Crippen LogP contribution in [0.2, 0.25) is 0 Å². The second kappa shape index (κ2) is 5.18. The molecule has 0 aliphatic heterocycles. The maximum absolute atomic E-state index is 12.4. The van der Waals surface area contributed by atoms with Crippen LogP contribution in [0, 0.1) is 5.92 Å². The molecule has 0 spiro atoms. The van der Waals surface area contributed by atoms with E-state index in [-0.39, 0.29) is 5.75 Å². The summed E-state index contributed by atoms with van der Waals surface area (Å²) >= 11 is 0.947. The highest BCUT2D eigenvalue weighted by molar-refractivity contribution is 7.99. The van der Waals surface area contributed by atoms with Gasteiger partial charge in [0, 0.05) is 5.75 Å². The molecular weight excluding hydrogens is 167 g/mol. The Morgan fingerprint density at radius 1 is 1.91 bits per heavy atom. The van der Waals surface area contributed by atoms with Crippen LogP contribution in [0.3, 0.4) is 0 Å². The zero-order valence-corrected chi connectivity index (χ0v) is 7.10. The van der Waals surface area contributed by atoms with Crippen molar-refractivity contribution in [2.75, 3.05) is 5.75 Å². The standard InChI is InChI=1S/C7H11FO2S/c1-3-6(8)11-4-5(2)7(9)10/h3,5-6H,1,4H2,2H3,(H,9,10). The molecule has 0 amide bonds. The second-order valence-electron chi connectivity index (χ2n) is 2.16. The number of carboxylic acid groups (broad SMARTS) is 1. The van der Waals surface area contributed by atoms with Crippen LogP contribution in [-0.4, -0.2) is 22.3 Å². The first-order valence-electron chi connectivity index (χ1n) is 3.19. The lowest BCUT2D eigenvalue weighted by Crippen LogP contribution is -2.12. The maximum atomic E-state index is 12.4. The average molecular weight is 178 g/mol. The molecule has 0 aromatic heterocycles. The van der Waals surface area contributed by atoms with Gasteiger partial charge in [0.1, 0.15) is 0 Å². The third kappa shape index (κ3) is 4.84. The third-order valence-electron chi connectivity index (χ3n) is 1.11. The highest BCUT2D eigenvalue weighted by Crippen LogP contribution is 2.16. The van der Waals surface area contributed by atoms with Crippen LogP contribution >= 0.6 is 11.8 Å². The minimum absolute atomic E-state index is 0.280. The summed E-state index contributed by atoms with van der Waals surface area (Å²) in [6, 6.07) is 0. The minimum atomic E-state index is -1.16. The highest BCUT2D eigenvalue weighted by Gasteiger charge is 2.12. The van der Waals surface area contributed by atoms with E-state index in [2.05, 4.69) is 6.58 Å². The van der Waals surface area contributed by atoms with E-state index in [1.54, 1.807) is 6.92 Å². The van der Waals surface area contributed by atoms with Crippen molar-refractivity contribution in [1.29, 1.82) is 0 Å². The number of halogens is 1. The first-order valence-corrected chi connectivity index (χ1v) is 4.23. The molecule has 2 atom stereocenters. The first kappa shape index (κ1) is 10.5. The largest absolute Gasteiger partial charge is 0.481 e. The van der Waals surface area contributed by atoms with Crippen molar-refractivity contribution in [2.45, 2.75) is 12.4 Å². The van der Waals surface area contributed by atoms with Crippen molar-refractivity contribution in [3.63, 3.8) is 0 Å². The fourth-order valence-electron chi connectivity index (χ4n) is 0.376. The van der Waals surface area contributed by atoms with Crippen LogP contribution in [-0.2, 0) is 4.79 Å². The molecule has 0 saturated carbocycles. The smallest absolute Gasteiger partial charge is 0.307 e. The molecule has 0 heterocycles. The van der Waals surface area contributed by atoms with Crippen molar-refractivity contribution < 1.29 is 14.3 Å². The van der Waals surface area contributed by atoms with Crippen molar-refractivity contribution >= 4 is 17.7 Å². The monoisotopic (exact) mass is 178 g/mol. The summed E-state index contributed by atoms with van der Waals surface area (Å²) in [6.07, 6.45) is 1.15. The molecule has 0 aromatic rings. The van der Waals surface area contributed by atoms with Gasteiger partial charge in [-0.15, -0.1) is 11.8 Å². The third-order valence-corrected chi connectivity index (χ3v) is 2.32. The molecule has 2 unspecified atom stereocenters. The maximum Gasteiger partial charge on any atom is 0.307 e. The summed E-state index contributed by atoms with van der Waals surface area (Å²) in [6.45, 7) is 4.79. The number of rotatable bonds is 5. The average Bonchev–Trinajstić information content (AvgIpc) is 1.99. The predicted octanol–water partition coefficient (Wildman–Crippen LogP) is 1.92. The van der Waals surface area contributed by atoms with Crippen LogP contribution in [0.5, 0.6) is 0 Å². The van der Waals surface area contributed by atoms with Crippen molar-refractivity contribution in [1.82, 2.24) is 0 Å². The SMILES string of the molecule is C=CC(F)SCC(C)C(=O)O. The van der Waals surface area contributed by atoms with E-state index in [1.807, 2.05) is 0 Å². The van der Waals surface area contributed by atoms with Gasteiger partial charge < -0.3 is 5.11 Å². The van der Waals surface area contributed by atoms with Crippen LogP contribution in [0.15, 0.2) is 12.7 Å². The Hall–Kier alpha value is -0.510. The van der Waals surface area contributed by atoms with E-state index in [4.69, 9.17) is 5.11 Å². The molecule has 0 rings (SSSR count). The van der Waals surface area contributed by atoms with E-state index in [0.717, 1.165) is 17.8 Å². The van der Waals surface area contributed by atoms with Crippen LogP contribution in [0.4, 0.5) is 4.39 Å². The summed E-state index contributed by atoms with van der Waals surface area (Å²) in [4.78, 5) is 10.2. The van der Waals surface area contributed by atoms with Crippen LogP contribution in [0.25, 0.3) is 0 Å². The lowest BCUT2D eigenvalue weighted by molar-refractivity contribution is -0.140. The van der Waals surface area contributed by atoms with Gasteiger partial charge in [0.2, 0.25) is 0 Å². The molecule has 4 heteroatoms. The van der Waals surface area contributed by atoms with E-state index in [0.29, 0.717) is 0 Å². The van der Waals surface area contributed by atoms with Gasteiger partial charge >= 0.3 is 5.97 Å². The summed E-state index contributed by atoms with van der Waals surface area (Å²) in [5, 5.41) is 8.41. The molecular formula is C7H11FO2S. The number of thioether (sulfide) groups is 1. The molecule has 2 nitrogen and oxygen atoms in total. The number of carbonyl (C=O) groups is 1. The Balaban J connectivity index is 3.53. The summed E-state index contributed by atoms with van der Waals surface area (Å²) in [7, 11) is 0. The Morgan fingerprint density at radius 2 is 2.45 bits per heavy atom. The number of carboxylic acids is 1. The number of aliphatic carboxylic acids is 1. The highest BCUT2D eigenvalue weighted by atomic mass is 32.2. The zero-order chi connectivity index (χ0) is 8.85. The lowest BCUT2D eigenvalue weighted by atomic mass is 10.2. The van der Waals surface area contributed by atoms with Gasteiger partial charge in [-0.05, 0) is 6.08 Å². The van der Waals surface area contributed by atoms with Crippen molar-refractivity contribution in [3.8, 4) is 0 Å². The van der Waals surface area contributed by atoms with E-state index >= 15 is 0 Å². The second-order valence-corrected chi connectivity index (χ2v) is 3.28. The minimum Gasteiger partial charge on any atom is -0.481 e. The summed E-state index contributed by atoms with van der Waals surface area (Å²) in [5.41, 5.74) is -1.16. The van der Waals surface area contributed by atoms with Crippen LogP contribution < -0.4 is 0 Å². The van der Waals surface area contributed by atoms with Crippen molar-refractivity contribution in [3.05, 3.63) is 12.7 Å². The quantitative estimate of drug-likeness (QED) is 0.653. The number of hydrogen-bond donors (Lipinski definition) is 1. The molecule has 64 valence electrons. The Morgan fingerprint density at radius 3 is 2.82 bits per heavy atom. The van der Waals surface area contributed by atoms with E-state index in [9.17, 15) is 9.18 Å². The molecule has 0 aromatic carbocycles. The fraction of sp³-hybridized carbons (Fsp3) is 0.571. The fourth-order valence-corrected chi connectivity index (χ4v) is 1.13. The molecule has 0 bridgehead atoms. The Bertz CT molecular complexity index is 149. The molecule has 0 fully saturated rings. The van der Waals surface area contributed by atoms with Gasteiger partial charge in [-0.3, -0.25) is 4.79 Å². The molecule has 0 aliphatic carbocycles. The molecule has 0 saturated heterocycles. The van der Waals surface area contributed by atoms with Crippen LogP contribution in [0.1, 0.15) is 6.92 Å². The Kier molecular flexibility index (Phi) is 4.94. The zero-order valence-electron chi connectivity index (χ0n) is 6.29. The normalized spacial score (nSPS) is 15.5. The predicted molar refractivity (Wildman–Crippen MR) is 44.4 cm³/mol. The van der Waals surface area contributed by atoms with Gasteiger partial charge in [0.25, 0.3) is 0 Å². The molecule has 0 radical (unpaired) electrons. The molecule has 0 aliphatic rings. The molecule has 11 heavy (non-hydrogen) atoms. The van der Waals surface area contributed by atoms with E-state index < -0.39 is 17.4 Å². The topological polar surface area (TPSA) is 37.3 Å². The number of hydrogen-bond acceptors (Lipinski definition) is 2. The summed E-state index contributed by atoms with van der Waals surface area (Å²) in [5.74, 6) is -1.12. The Labute approximate surface area is 69.5 Å². The van der Waals surface area contributed by atoms with Gasteiger partial charge in [-0.25, -0.2) is 4.39 Å². The molecule has 1 N–H and O–H groups in total. The van der Waals surface area contributed by atoms with E-state index in [1.165, 1.54) is 0 Å². The lowest BCUT2D eigenvalue weighted by Gasteiger charge is -2.05. The summed E-state index contributed by atoms with van der Waals surface area (Å²) < 4.78 is 12.4. The van der Waals surface area contributed by atoms with Crippen molar-refractivity contribution in [2.24, 2.45) is 5.92 Å². The van der Waals surface area contributed by atoms with Gasteiger partial charge in [-0.1, -0.05) is 13.5 Å². The van der Waals surface area contributed by atoms with Gasteiger partial charge in [-0.2, -0.15) is 0 Å². The van der Waals surface area contributed by atoms with Gasteiger partial charge in [0.15, 0.2) is 5.50 Å². The first-order chi connectivity index (χ1) is 5.07. The number of alkyl halides is 1.